The molecular formula is C36H40N2O5. The molecule has 0 heterocycles. The third-order valence-electron chi connectivity index (χ3n) is 7.41. The molecule has 0 aliphatic heterocycles. The largest absolute Gasteiger partial charge is 0.497 e. The predicted octanol–water partition coefficient (Wildman–Crippen LogP) is 5.64. The first-order valence-corrected chi connectivity index (χ1v) is 14.5. The van der Waals surface area contributed by atoms with Gasteiger partial charge >= 0.3 is 0 Å². The number of benzene rings is 4. The van der Waals surface area contributed by atoms with Crippen molar-refractivity contribution in [2.75, 3.05) is 27.9 Å². The van der Waals surface area contributed by atoms with E-state index in [1.165, 1.54) is 0 Å². The van der Waals surface area contributed by atoms with Crippen molar-refractivity contribution in [3.63, 3.8) is 0 Å². The number of carbonyl (C=O) groups is 2. The lowest BCUT2D eigenvalue weighted by Crippen LogP contribution is -2.50. The maximum absolute atomic E-state index is 13.9. The summed E-state index contributed by atoms with van der Waals surface area (Å²) in [7, 11) is 4.82. The highest BCUT2D eigenvalue weighted by atomic mass is 16.5. The second-order valence-corrected chi connectivity index (χ2v) is 10.3. The Morgan fingerprint density at radius 3 is 1.93 bits per heavy atom. The van der Waals surface area contributed by atoms with E-state index in [2.05, 4.69) is 5.32 Å². The van der Waals surface area contributed by atoms with Crippen molar-refractivity contribution in [1.29, 1.82) is 0 Å². The quantitative estimate of drug-likeness (QED) is 0.197. The van der Waals surface area contributed by atoms with Gasteiger partial charge in [-0.3, -0.25) is 9.59 Å². The highest BCUT2D eigenvalue weighted by Crippen LogP contribution is 2.27. The standard InChI is InChI=1S/C36H40N2O5/c1-41-31-18-14-30(15-19-31)26-38(35(39)21-17-27-10-6-4-7-11-27)32(24-28-12-8-5-9-13-28)36(40)37-23-22-29-16-20-33(42-2)34(25-29)43-3/h4-16,18-20,25,32H,17,21-24,26H2,1-3H3,(H,37,40)/t32-/m1/s1. The number of rotatable bonds is 15. The van der Waals surface area contributed by atoms with Gasteiger partial charge in [-0.25, -0.2) is 0 Å². The van der Waals surface area contributed by atoms with Crippen LogP contribution < -0.4 is 19.5 Å². The molecule has 0 aliphatic carbocycles. The van der Waals surface area contributed by atoms with Gasteiger partial charge in [-0.1, -0.05) is 78.9 Å². The van der Waals surface area contributed by atoms with Gasteiger partial charge in [0.1, 0.15) is 11.8 Å². The maximum Gasteiger partial charge on any atom is 0.243 e. The molecule has 7 nitrogen and oxygen atoms in total. The van der Waals surface area contributed by atoms with Crippen molar-refractivity contribution >= 4 is 11.8 Å². The zero-order valence-electron chi connectivity index (χ0n) is 25.1. The van der Waals surface area contributed by atoms with Crippen LogP contribution >= 0.6 is 0 Å². The predicted molar refractivity (Wildman–Crippen MR) is 169 cm³/mol. The van der Waals surface area contributed by atoms with Crippen LogP contribution in [-0.4, -0.2) is 50.6 Å². The second kappa shape index (κ2) is 16.0. The summed E-state index contributed by atoms with van der Waals surface area (Å²) in [6.45, 7) is 0.715. The Bertz CT molecular complexity index is 1440. The molecule has 2 amide bonds. The smallest absolute Gasteiger partial charge is 0.243 e. The molecule has 1 N–H and O–H groups in total. The third-order valence-corrected chi connectivity index (χ3v) is 7.41. The van der Waals surface area contributed by atoms with E-state index in [0.29, 0.717) is 50.3 Å². The normalized spacial score (nSPS) is 11.3. The van der Waals surface area contributed by atoms with Crippen LogP contribution in [0, 0.1) is 0 Å². The summed E-state index contributed by atoms with van der Waals surface area (Å²) in [6, 6.07) is 32.4. The van der Waals surface area contributed by atoms with E-state index in [1.807, 2.05) is 103 Å². The number of amides is 2. The Hall–Kier alpha value is -4.78. The molecule has 0 saturated heterocycles. The van der Waals surface area contributed by atoms with Gasteiger partial charge in [-0.15, -0.1) is 0 Å². The van der Waals surface area contributed by atoms with Gasteiger partial charge < -0.3 is 24.4 Å². The van der Waals surface area contributed by atoms with Gasteiger partial charge in [0.25, 0.3) is 0 Å². The number of hydrogen-bond donors (Lipinski definition) is 1. The van der Waals surface area contributed by atoms with E-state index in [9.17, 15) is 9.59 Å². The van der Waals surface area contributed by atoms with Crippen molar-refractivity contribution in [3.8, 4) is 17.2 Å². The molecule has 7 heteroatoms. The van der Waals surface area contributed by atoms with Crippen molar-refractivity contribution < 1.29 is 23.8 Å². The first-order valence-electron chi connectivity index (χ1n) is 14.5. The van der Waals surface area contributed by atoms with Gasteiger partial charge in [0, 0.05) is 25.9 Å². The van der Waals surface area contributed by atoms with E-state index in [1.54, 1.807) is 26.2 Å². The summed E-state index contributed by atoms with van der Waals surface area (Å²) in [6.07, 6.45) is 1.89. The number of aryl methyl sites for hydroxylation is 1. The summed E-state index contributed by atoms with van der Waals surface area (Å²) >= 11 is 0. The summed E-state index contributed by atoms with van der Waals surface area (Å²) in [4.78, 5) is 29.5. The molecule has 1 atom stereocenters. The molecular weight excluding hydrogens is 540 g/mol. The minimum Gasteiger partial charge on any atom is -0.497 e. The molecule has 0 spiro atoms. The van der Waals surface area contributed by atoms with Crippen LogP contribution in [-0.2, 0) is 35.4 Å². The zero-order valence-corrected chi connectivity index (χ0v) is 25.1. The van der Waals surface area contributed by atoms with E-state index in [-0.39, 0.29) is 11.8 Å². The van der Waals surface area contributed by atoms with Gasteiger partial charge in [0.05, 0.1) is 21.3 Å². The lowest BCUT2D eigenvalue weighted by Gasteiger charge is -2.32. The first-order chi connectivity index (χ1) is 21.0. The minimum absolute atomic E-state index is 0.0735. The number of nitrogens with zero attached hydrogens (tertiary/aromatic N) is 1. The molecule has 0 radical (unpaired) electrons. The zero-order chi connectivity index (χ0) is 30.4. The topological polar surface area (TPSA) is 77.1 Å². The molecule has 0 fully saturated rings. The van der Waals surface area contributed by atoms with Gasteiger partial charge in [-0.2, -0.15) is 0 Å². The summed E-state index contributed by atoms with van der Waals surface area (Å²) < 4.78 is 16.1. The average molecular weight is 581 g/mol. The number of carbonyl (C=O) groups excluding carboxylic acids is 2. The van der Waals surface area contributed by atoms with E-state index < -0.39 is 6.04 Å². The number of nitrogens with one attached hydrogen (secondary N) is 1. The Balaban J connectivity index is 1.56. The van der Waals surface area contributed by atoms with Crippen LogP contribution in [0.25, 0.3) is 0 Å². The Kier molecular flexibility index (Phi) is 11.6. The summed E-state index contributed by atoms with van der Waals surface area (Å²) in [5.74, 6) is 1.77. The number of methoxy groups -OCH3 is 3. The lowest BCUT2D eigenvalue weighted by atomic mass is 10.0. The van der Waals surface area contributed by atoms with E-state index in [4.69, 9.17) is 14.2 Å². The third kappa shape index (κ3) is 9.10. The summed E-state index contributed by atoms with van der Waals surface area (Å²) in [5.41, 5.74) is 3.99. The SMILES string of the molecule is COc1ccc(CN(C(=O)CCc2ccccc2)[C@H](Cc2ccccc2)C(=O)NCCc2ccc(OC)c(OC)c2)cc1. The fourth-order valence-electron chi connectivity index (χ4n) is 5.01. The van der Waals surface area contributed by atoms with Crippen LogP contribution in [0.5, 0.6) is 17.2 Å². The molecule has 0 aliphatic rings. The maximum atomic E-state index is 13.9. The number of hydrogen-bond acceptors (Lipinski definition) is 5. The van der Waals surface area contributed by atoms with Crippen LogP contribution in [0.2, 0.25) is 0 Å². The molecule has 0 saturated carbocycles. The lowest BCUT2D eigenvalue weighted by molar-refractivity contribution is -0.141. The molecule has 4 rings (SSSR count). The molecule has 4 aromatic rings. The Morgan fingerprint density at radius 1 is 0.674 bits per heavy atom. The summed E-state index contributed by atoms with van der Waals surface area (Å²) in [5, 5.41) is 3.11. The first kappa shape index (κ1) is 31.2. The molecule has 43 heavy (non-hydrogen) atoms. The molecule has 0 unspecified atom stereocenters. The van der Waals surface area contributed by atoms with Crippen LogP contribution in [0.3, 0.4) is 0 Å². The number of ether oxygens (including phenoxy) is 3. The monoisotopic (exact) mass is 580 g/mol. The van der Waals surface area contributed by atoms with Crippen LogP contribution in [0.4, 0.5) is 0 Å². The van der Waals surface area contributed by atoms with Crippen LogP contribution in [0.1, 0.15) is 28.7 Å². The molecule has 0 bridgehead atoms. The van der Waals surface area contributed by atoms with Gasteiger partial charge in [0.15, 0.2) is 11.5 Å². The van der Waals surface area contributed by atoms with Crippen LogP contribution in [0.15, 0.2) is 103 Å². The molecule has 4 aromatic carbocycles. The van der Waals surface area contributed by atoms with Crippen molar-refractivity contribution in [1.82, 2.24) is 10.2 Å². The van der Waals surface area contributed by atoms with Crippen molar-refractivity contribution in [3.05, 3.63) is 125 Å². The average Bonchev–Trinajstić information content (AvgIpc) is 3.06. The second-order valence-electron chi connectivity index (χ2n) is 10.3. The molecule has 0 aromatic heterocycles. The highest BCUT2D eigenvalue weighted by molar-refractivity contribution is 5.88. The van der Waals surface area contributed by atoms with Gasteiger partial charge in [0.2, 0.25) is 11.8 Å². The van der Waals surface area contributed by atoms with E-state index >= 15 is 0 Å². The fourth-order valence-corrected chi connectivity index (χ4v) is 5.01. The Labute approximate surface area is 254 Å². The van der Waals surface area contributed by atoms with E-state index in [0.717, 1.165) is 28.0 Å². The highest BCUT2D eigenvalue weighted by Gasteiger charge is 2.30. The van der Waals surface area contributed by atoms with Gasteiger partial charge in [-0.05, 0) is 59.4 Å². The minimum atomic E-state index is -0.696. The Morgan fingerprint density at radius 2 is 1.30 bits per heavy atom. The fraction of sp³-hybridized carbons (Fsp3) is 0.278. The molecule has 224 valence electrons. The van der Waals surface area contributed by atoms with Crippen molar-refractivity contribution in [2.24, 2.45) is 0 Å². The van der Waals surface area contributed by atoms with Crippen molar-refractivity contribution in [2.45, 2.75) is 38.3 Å².